The lowest BCUT2D eigenvalue weighted by atomic mass is 10.1. The van der Waals surface area contributed by atoms with Crippen molar-refractivity contribution in [1.29, 1.82) is 0 Å². The van der Waals surface area contributed by atoms with Crippen LogP contribution >= 0.6 is 0 Å². The lowest BCUT2D eigenvalue weighted by molar-refractivity contribution is -0.141. The Morgan fingerprint density at radius 1 is 1.15 bits per heavy atom. The zero-order valence-corrected chi connectivity index (χ0v) is 15.2. The van der Waals surface area contributed by atoms with Crippen LogP contribution in [0.2, 0.25) is 0 Å². The standard InChI is InChI=1S/C21H22FNO4/c1-3-27-17-10-8-16(9-11-17)13-19(21(25)26)23-20(24)18(22)12-15-6-4-14(2)5-7-15/h4-12,19H,3,13H2,1-2H3,(H,23,24)(H,25,26)/b18-12-/t19-/m0/s1. The Labute approximate surface area is 157 Å². The highest BCUT2D eigenvalue weighted by atomic mass is 19.1. The molecule has 2 aromatic carbocycles. The molecule has 0 spiro atoms. The van der Waals surface area contributed by atoms with Crippen LogP contribution in [0.4, 0.5) is 4.39 Å². The van der Waals surface area contributed by atoms with Crippen molar-refractivity contribution < 1.29 is 23.8 Å². The molecular formula is C21H22FNO4. The molecule has 0 radical (unpaired) electrons. The Morgan fingerprint density at radius 2 is 1.78 bits per heavy atom. The SMILES string of the molecule is CCOc1ccc(C[C@H](NC(=O)/C(F)=C/c2ccc(C)cc2)C(=O)O)cc1. The van der Waals surface area contributed by atoms with Gasteiger partial charge in [-0.3, -0.25) is 4.79 Å². The molecule has 2 N–H and O–H groups in total. The molecule has 0 saturated heterocycles. The van der Waals surface area contributed by atoms with E-state index >= 15 is 0 Å². The van der Waals surface area contributed by atoms with Crippen molar-refractivity contribution in [3.05, 3.63) is 71.0 Å². The third kappa shape index (κ3) is 6.26. The number of nitrogens with one attached hydrogen (secondary N) is 1. The van der Waals surface area contributed by atoms with E-state index in [1.807, 2.05) is 13.8 Å². The second-order valence-electron chi connectivity index (χ2n) is 6.05. The van der Waals surface area contributed by atoms with Gasteiger partial charge in [-0.2, -0.15) is 0 Å². The highest BCUT2D eigenvalue weighted by Gasteiger charge is 2.22. The number of carboxylic acids is 1. The first-order valence-electron chi connectivity index (χ1n) is 8.58. The van der Waals surface area contributed by atoms with Crippen LogP contribution < -0.4 is 10.1 Å². The molecule has 0 fully saturated rings. The van der Waals surface area contributed by atoms with Crippen LogP contribution in [0.25, 0.3) is 6.08 Å². The van der Waals surface area contributed by atoms with Gasteiger partial charge in [0.2, 0.25) is 0 Å². The van der Waals surface area contributed by atoms with Gasteiger partial charge >= 0.3 is 5.97 Å². The second-order valence-corrected chi connectivity index (χ2v) is 6.05. The number of rotatable bonds is 8. The first-order valence-corrected chi connectivity index (χ1v) is 8.58. The molecule has 0 aliphatic heterocycles. The topological polar surface area (TPSA) is 75.6 Å². The number of ether oxygens (including phenoxy) is 1. The summed E-state index contributed by atoms with van der Waals surface area (Å²) in [4.78, 5) is 23.5. The summed E-state index contributed by atoms with van der Waals surface area (Å²) < 4.78 is 19.5. The summed E-state index contributed by atoms with van der Waals surface area (Å²) in [7, 11) is 0. The lowest BCUT2D eigenvalue weighted by Crippen LogP contribution is -2.42. The van der Waals surface area contributed by atoms with E-state index in [0.717, 1.165) is 11.6 Å². The molecule has 0 aliphatic carbocycles. The van der Waals surface area contributed by atoms with Gasteiger partial charge < -0.3 is 15.2 Å². The average Bonchev–Trinajstić information content (AvgIpc) is 2.64. The number of carbonyl (C=O) groups is 2. The van der Waals surface area contributed by atoms with Gasteiger partial charge in [0.1, 0.15) is 11.8 Å². The van der Waals surface area contributed by atoms with Crippen LogP contribution in [-0.2, 0) is 16.0 Å². The maximum Gasteiger partial charge on any atom is 0.326 e. The smallest absolute Gasteiger partial charge is 0.326 e. The number of amides is 1. The molecule has 142 valence electrons. The van der Waals surface area contributed by atoms with Crippen LogP contribution in [0.5, 0.6) is 5.75 Å². The minimum absolute atomic E-state index is 0.0330. The van der Waals surface area contributed by atoms with Crippen molar-refractivity contribution >= 4 is 18.0 Å². The maximum atomic E-state index is 14.1. The highest BCUT2D eigenvalue weighted by Crippen LogP contribution is 2.14. The molecule has 0 aliphatic rings. The van der Waals surface area contributed by atoms with Gasteiger partial charge in [0.25, 0.3) is 5.91 Å². The number of halogens is 1. The molecule has 0 aromatic heterocycles. The van der Waals surface area contributed by atoms with Crippen molar-refractivity contribution in [3.63, 3.8) is 0 Å². The Morgan fingerprint density at radius 3 is 2.33 bits per heavy atom. The summed E-state index contributed by atoms with van der Waals surface area (Å²) in [6.45, 7) is 4.29. The third-order valence-electron chi connectivity index (χ3n) is 3.87. The minimum Gasteiger partial charge on any atom is -0.494 e. The Balaban J connectivity index is 2.04. The third-order valence-corrected chi connectivity index (χ3v) is 3.87. The fourth-order valence-corrected chi connectivity index (χ4v) is 2.43. The van der Waals surface area contributed by atoms with Crippen molar-refractivity contribution in [2.75, 3.05) is 6.61 Å². The summed E-state index contributed by atoms with van der Waals surface area (Å²) in [5, 5.41) is 11.6. The van der Waals surface area contributed by atoms with Crippen molar-refractivity contribution in [2.45, 2.75) is 26.3 Å². The second kappa shape index (κ2) is 9.52. The van der Waals surface area contributed by atoms with Crippen LogP contribution in [0.1, 0.15) is 23.6 Å². The van der Waals surface area contributed by atoms with E-state index in [0.29, 0.717) is 23.5 Å². The highest BCUT2D eigenvalue weighted by molar-refractivity contribution is 5.97. The van der Waals surface area contributed by atoms with Gasteiger partial charge in [-0.25, -0.2) is 9.18 Å². The first kappa shape index (κ1) is 20.2. The van der Waals surface area contributed by atoms with E-state index in [4.69, 9.17) is 4.74 Å². The predicted molar refractivity (Wildman–Crippen MR) is 101 cm³/mol. The van der Waals surface area contributed by atoms with E-state index in [-0.39, 0.29) is 6.42 Å². The summed E-state index contributed by atoms with van der Waals surface area (Å²) in [6, 6.07) is 12.6. The van der Waals surface area contributed by atoms with E-state index in [9.17, 15) is 19.1 Å². The Bertz CT molecular complexity index is 813. The predicted octanol–water partition coefficient (Wildman–Crippen LogP) is 3.52. The normalized spacial score (nSPS) is 12.3. The molecule has 27 heavy (non-hydrogen) atoms. The van der Waals surface area contributed by atoms with Crippen molar-refractivity contribution in [3.8, 4) is 5.75 Å². The zero-order valence-electron chi connectivity index (χ0n) is 15.2. The monoisotopic (exact) mass is 371 g/mol. The lowest BCUT2D eigenvalue weighted by Gasteiger charge is -2.14. The van der Waals surface area contributed by atoms with Gasteiger partial charge in [-0.15, -0.1) is 0 Å². The van der Waals surface area contributed by atoms with Gasteiger partial charge in [-0.05, 0) is 43.2 Å². The van der Waals surface area contributed by atoms with Crippen molar-refractivity contribution in [1.82, 2.24) is 5.32 Å². The molecule has 1 atom stereocenters. The fraction of sp³-hybridized carbons (Fsp3) is 0.238. The molecule has 0 heterocycles. The van der Waals surface area contributed by atoms with Crippen LogP contribution in [-0.4, -0.2) is 29.6 Å². The fourth-order valence-electron chi connectivity index (χ4n) is 2.43. The molecule has 1 amide bonds. The van der Waals surface area contributed by atoms with Crippen LogP contribution in [0.15, 0.2) is 54.4 Å². The number of carbonyl (C=O) groups excluding carboxylic acids is 1. The molecule has 0 saturated carbocycles. The van der Waals surface area contributed by atoms with Gasteiger partial charge in [-0.1, -0.05) is 42.0 Å². The number of hydrogen-bond donors (Lipinski definition) is 2. The number of benzene rings is 2. The minimum atomic E-state index is -1.24. The summed E-state index contributed by atoms with van der Waals surface area (Å²) in [5.41, 5.74) is 2.22. The maximum absolute atomic E-state index is 14.1. The Hall–Kier alpha value is -3.15. The van der Waals surface area contributed by atoms with E-state index in [2.05, 4.69) is 5.32 Å². The van der Waals surface area contributed by atoms with Crippen LogP contribution in [0, 0.1) is 6.92 Å². The molecule has 0 unspecified atom stereocenters. The summed E-state index contributed by atoms with van der Waals surface area (Å²) in [5.74, 6) is -2.67. The summed E-state index contributed by atoms with van der Waals surface area (Å²) >= 11 is 0. The van der Waals surface area contributed by atoms with Gasteiger partial charge in [0.05, 0.1) is 6.61 Å². The Kier molecular flexibility index (Phi) is 7.11. The van der Waals surface area contributed by atoms with E-state index in [1.165, 1.54) is 0 Å². The molecule has 2 rings (SSSR count). The quantitative estimate of drug-likeness (QED) is 0.696. The van der Waals surface area contributed by atoms with E-state index in [1.54, 1.807) is 48.5 Å². The largest absolute Gasteiger partial charge is 0.494 e. The average molecular weight is 371 g/mol. The summed E-state index contributed by atoms with van der Waals surface area (Å²) in [6.07, 6.45) is 1.11. The number of hydrogen-bond acceptors (Lipinski definition) is 3. The first-order chi connectivity index (χ1) is 12.9. The number of aliphatic carboxylic acids is 1. The van der Waals surface area contributed by atoms with E-state index < -0.39 is 23.7 Å². The zero-order chi connectivity index (χ0) is 19.8. The molecule has 2 aromatic rings. The number of carboxylic acid groups (broad SMARTS) is 1. The number of aryl methyl sites for hydroxylation is 1. The molecular weight excluding hydrogens is 349 g/mol. The van der Waals surface area contributed by atoms with Crippen LogP contribution in [0.3, 0.4) is 0 Å². The van der Waals surface area contributed by atoms with Gasteiger partial charge in [0.15, 0.2) is 5.83 Å². The van der Waals surface area contributed by atoms with Gasteiger partial charge in [0, 0.05) is 6.42 Å². The molecule has 5 nitrogen and oxygen atoms in total. The molecule has 6 heteroatoms. The molecule has 0 bridgehead atoms. The van der Waals surface area contributed by atoms with Crippen molar-refractivity contribution in [2.24, 2.45) is 0 Å².